The van der Waals surface area contributed by atoms with Gasteiger partial charge < -0.3 is 10.2 Å². The average molecular weight is 298 g/mol. The summed E-state index contributed by atoms with van der Waals surface area (Å²) < 4.78 is 28.5. The summed E-state index contributed by atoms with van der Waals surface area (Å²) in [6, 6.07) is 2.83. The summed E-state index contributed by atoms with van der Waals surface area (Å²) in [6.45, 7) is 13.2. The Morgan fingerprint density at radius 2 is 1.48 bits per heavy atom. The lowest BCUT2D eigenvalue weighted by Gasteiger charge is -2.29. The molecule has 0 heterocycles. The van der Waals surface area contributed by atoms with E-state index in [9.17, 15) is 8.78 Å². The van der Waals surface area contributed by atoms with Gasteiger partial charge in [0.15, 0.2) is 0 Å². The maximum absolute atomic E-state index is 14.2. The molecular formula is C17H28F2N2. The summed E-state index contributed by atoms with van der Waals surface area (Å²) in [4.78, 5) is 1.64. The van der Waals surface area contributed by atoms with Crippen molar-refractivity contribution in [2.45, 2.75) is 53.6 Å². The number of hydrogen-bond acceptors (Lipinski definition) is 2. The maximum Gasteiger partial charge on any atom is 0.149 e. The summed E-state index contributed by atoms with van der Waals surface area (Å²) in [7, 11) is 1.72. The van der Waals surface area contributed by atoms with Crippen molar-refractivity contribution in [3.63, 3.8) is 0 Å². The van der Waals surface area contributed by atoms with Crippen molar-refractivity contribution in [3.05, 3.63) is 29.3 Å². The van der Waals surface area contributed by atoms with Crippen molar-refractivity contribution in [2.24, 2.45) is 5.41 Å². The molecule has 1 N–H and O–H groups in total. The van der Waals surface area contributed by atoms with Crippen molar-refractivity contribution >= 4 is 5.69 Å². The first kappa shape index (κ1) is 17.9. The minimum absolute atomic E-state index is 0.0277. The topological polar surface area (TPSA) is 15.3 Å². The molecule has 0 spiro atoms. The van der Waals surface area contributed by atoms with E-state index in [-0.39, 0.29) is 16.6 Å². The molecule has 0 radical (unpaired) electrons. The van der Waals surface area contributed by atoms with Crippen LogP contribution in [-0.2, 0) is 6.54 Å². The van der Waals surface area contributed by atoms with Crippen molar-refractivity contribution in [2.75, 3.05) is 18.5 Å². The smallest absolute Gasteiger partial charge is 0.149 e. The zero-order valence-corrected chi connectivity index (χ0v) is 14.3. The molecule has 120 valence electrons. The Balaban J connectivity index is 2.95. The molecule has 0 aliphatic heterocycles. The Morgan fingerprint density at radius 1 is 1.00 bits per heavy atom. The van der Waals surface area contributed by atoms with Crippen LogP contribution in [0.5, 0.6) is 0 Å². The number of rotatable bonds is 4. The molecule has 0 fully saturated rings. The molecule has 0 bridgehead atoms. The van der Waals surface area contributed by atoms with E-state index in [0.29, 0.717) is 18.7 Å². The van der Waals surface area contributed by atoms with Gasteiger partial charge in [0, 0.05) is 25.7 Å². The van der Waals surface area contributed by atoms with E-state index in [4.69, 9.17) is 0 Å². The quantitative estimate of drug-likeness (QED) is 0.890. The lowest BCUT2D eigenvalue weighted by atomic mass is 9.96. The first-order valence-electron chi connectivity index (χ1n) is 7.33. The number of nitrogens with zero attached hydrogens (tertiary/aromatic N) is 1. The van der Waals surface area contributed by atoms with E-state index in [0.717, 1.165) is 0 Å². The Labute approximate surface area is 127 Å². The fraction of sp³-hybridized carbons (Fsp3) is 0.647. The van der Waals surface area contributed by atoms with Gasteiger partial charge in [-0.25, -0.2) is 8.78 Å². The second-order valence-corrected chi connectivity index (χ2v) is 7.93. The van der Waals surface area contributed by atoms with Gasteiger partial charge in [-0.05, 0) is 43.9 Å². The van der Waals surface area contributed by atoms with E-state index >= 15 is 0 Å². The Bertz CT molecular complexity index is 462. The Morgan fingerprint density at radius 3 is 1.86 bits per heavy atom. The molecule has 2 nitrogen and oxygen atoms in total. The van der Waals surface area contributed by atoms with Gasteiger partial charge in [0.05, 0.1) is 0 Å². The van der Waals surface area contributed by atoms with Gasteiger partial charge in [-0.3, -0.25) is 0 Å². The molecule has 0 amide bonds. The van der Waals surface area contributed by atoms with Crippen LogP contribution in [0.15, 0.2) is 12.1 Å². The molecule has 0 aliphatic carbocycles. The van der Waals surface area contributed by atoms with E-state index in [1.165, 1.54) is 12.1 Å². The number of hydrogen-bond donors (Lipinski definition) is 1. The molecule has 21 heavy (non-hydrogen) atoms. The second kappa shape index (κ2) is 6.30. The molecule has 0 saturated carbocycles. The summed E-state index contributed by atoms with van der Waals surface area (Å²) in [5, 5.41) is 3.23. The van der Waals surface area contributed by atoms with Gasteiger partial charge in [0.25, 0.3) is 0 Å². The highest BCUT2D eigenvalue weighted by molar-refractivity contribution is 5.50. The lowest BCUT2D eigenvalue weighted by Crippen LogP contribution is -2.35. The lowest BCUT2D eigenvalue weighted by molar-refractivity contribution is 0.412. The van der Waals surface area contributed by atoms with Gasteiger partial charge >= 0.3 is 0 Å². The van der Waals surface area contributed by atoms with Gasteiger partial charge in [0.1, 0.15) is 17.3 Å². The molecule has 0 saturated heterocycles. The predicted octanol–water partition coefficient (Wildman–Crippen LogP) is 4.34. The summed E-state index contributed by atoms with van der Waals surface area (Å²) in [5.74, 6) is -1.01. The summed E-state index contributed by atoms with van der Waals surface area (Å²) in [5.41, 5.74) is 0.548. The molecule has 0 atom stereocenters. The first-order chi connectivity index (χ1) is 9.39. The fourth-order valence-electron chi connectivity index (χ4n) is 2.24. The van der Waals surface area contributed by atoms with Crippen LogP contribution >= 0.6 is 0 Å². The highest BCUT2D eigenvalue weighted by atomic mass is 19.1. The average Bonchev–Trinajstić information content (AvgIpc) is 2.21. The molecule has 1 rings (SSSR count). The van der Waals surface area contributed by atoms with Crippen LogP contribution in [0, 0.1) is 17.0 Å². The SMILES string of the molecule is CN(CC(C)(C)C)c1c(F)cc(CNC(C)(C)C)cc1F. The zero-order valence-electron chi connectivity index (χ0n) is 14.3. The van der Waals surface area contributed by atoms with Crippen LogP contribution in [0.25, 0.3) is 0 Å². The van der Waals surface area contributed by atoms with Crippen LogP contribution in [-0.4, -0.2) is 19.1 Å². The Kier molecular flexibility index (Phi) is 5.37. The van der Waals surface area contributed by atoms with Crippen LogP contribution < -0.4 is 10.2 Å². The van der Waals surface area contributed by atoms with E-state index in [1.54, 1.807) is 11.9 Å². The largest absolute Gasteiger partial charge is 0.369 e. The van der Waals surface area contributed by atoms with E-state index < -0.39 is 11.6 Å². The standard InChI is InChI=1S/C17H28F2N2/c1-16(2,3)11-21(7)15-13(18)8-12(9-14(15)19)10-20-17(4,5)6/h8-9,20H,10-11H2,1-7H3. The number of anilines is 1. The minimum Gasteiger partial charge on any atom is -0.369 e. The molecule has 0 unspecified atom stereocenters. The fourth-order valence-corrected chi connectivity index (χ4v) is 2.24. The molecule has 0 aromatic heterocycles. The number of benzene rings is 1. The molecule has 1 aromatic carbocycles. The van der Waals surface area contributed by atoms with Crippen molar-refractivity contribution in [1.29, 1.82) is 0 Å². The Hall–Kier alpha value is -1.16. The van der Waals surface area contributed by atoms with Gasteiger partial charge in [-0.15, -0.1) is 0 Å². The van der Waals surface area contributed by atoms with Crippen LogP contribution in [0.1, 0.15) is 47.1 Å². The van der Waals surface area contributed by atoms with Crippen LogP contribution in [0.3, 0.4) is 0 Å². The molecule has 0 aliphatic rings. The number of nitrogens with one attached hydrogen (secondary N) is 1. The monoisotopic (exact) mass is 298 g/mol. The van der Waals surface area contributed by atoms with Crippen LogP contribution in [0.2, 0.25) is 0 Å². The molecular weight excluding hydrogens is 270 g/mol. The summed E-state index contributed by atoms with van der Waals surface area (Å²) in [6.07, 6.45) is 0. The van der Waals surface area contributed by atoms with Gasteiger partial charge in [-0.1, -0.05) is 20.8 Å². The normalized spacial score (nSPS) is 12.6. The number of halogens is 2. The van der Waals surface area contributed by atoms with Crippen LogP contribution in [0.4, 0.5) is 14.5 Å². The van der Waals surface area contributed by atoms with E-state index in [1.807, 2.05) is 41.5 Å². The van der Waals surface area contributed by atoms with Crippen molar-refractivity contribution in [1.82, 2.24) is 5.32 Å². The highest BCUT2D eigenvalue weighted by Crippen LogP contribution is 2.27. The minimum atomic E-state index is -0.507. The van der Waals surface area contributed by atoms with E-state index in [2.05, 4.69) is 5.32 Å². The van der Waals surface area contributed by atoms with Crippen molar-refractivity contribution in [3.8, 4) is 0 Å². The third-order valence-corrected chi connectivity index (χ3v) is 2.99. The highest BCUT2D eigenvalue weighted by Gasteiger charge is 2.20. The zero-order chi connectivity index (χ0) is 16.4. The third-order valence-electron chi connectivity index (χ3n) is 2.99. The second-order valence-electron chi connectivity index (χ2n) is 7.93. The third kappa shape index (κ3) is 6.00. The molecule has 4 heteroatoms. The molecule has 1 aromatic rings. The van der Waals surface area contributed by atoms with Gasteiger partial charge in [0.2, 0.25) is 0 Å². The summed E-state index contributed by atoms with van der Waals surface area (Å²) >= 11 is 0. The van der Waals surface area contributed by atoms with Crippen molar-refractivity contribution < 1.29 is 8.78 Å². The van der Waals surface area contributed by atoms with Gasteiger partial charge in [-0.2, -0.15) is 0 Å². The first-order valence-corrected chi connectivity index (χ1v) is 7.33. The maximum atomic E-state index is 14.2. The predicted molar refractivity (Wildman–Crippen MR) is 85.7 cm³/mol.